The molecule has 204 valence electrons. The number of aliphatic hydroxyl groups is 2. The molecule has 0 aliphatic carbocycles. The molecular weight excluding hydrogens is 470 g/mol. The number of ketones is 1. The van der Waals surface area contributed by atoms with Crippen molar-refractivity contribution in [1.29, 1.82) is 0 Å². The molecule has 37 heavy (non-hydrogen) atoms. The first kappa shape index (κ1) is 29.2. The van der Waals surface area contributed by atoms with E-state index in [1.165, 1.54) is 0 Å². The van der Waals surface area contributed by atoms with Crippen molar-refractivity contribution in [1.82, 2.24) is 4.98 Å². The Hall–Kier alpha value is -2.35. The quantitative estimate of drug-likeness (QED) is 0.342. The zero-order valence-electron chi connectivity index (χ0n) is 22.9. The number of rotatable bonds is 4. The Balaban J connectivity index is 1.89. The van der Waals surface area contributed by atoms with Gasteiger partial charge in [-0.15, -0.1) is 6.58 Å². The number of fused-ring (bicyclic) bond motifs is 1. The maximum atomic E-state index is 13.6. The lowest BCUT2D eigenvalue weighted by Gasteiger charge is -2.35. The van der Waals surface area contributed by atoms with Gasteiger partial charge in [0.25, 0.3) is 0 Å². The summed E-state index contributed by atoms with van der Waals surface area (Å²) in [4.78, 5) is 30.9. The van der Waals surface area contributed by atoms with Crippen LogP contribution in [0, 0.1) is 17.3 Å². The molecule has 0 amide bonds. The van der Waals surface area contributed by atoms with Crippen molar-refractivity contribution < 1.29 is 29.3 Å². The smallest absolute Gasteiger partial charge is 0.309 e. The summed E-state index contributed by atoms with van der Waals surface area (Å²) in [6.07, 6.45) is 5.32. The number of pyridine rings is 1. The van der Waals surface area contributed by atoms with Crippen LogP contribution in [-0.2, 0) is 19.1 Å². The third kappa shape index (κ3) is 7.15. The van der Waals surface area contributed by atoms with Crippen molar-refractivity contribution in [2.45, 2.75) is 103 Å². The molecule has 2 aliphatic rings. The van der Waals surface area contributed by atoms with Crippen molar-refractivity contribution in [2.75, 3.05) is 0 Å². The number of carbonyl (C=O) groups excluding carboxylic acids is 2. The summed E-state index contributed by atoms with van der Waals surface area (Å²) in [7, 11) is 0. The molecule has 1 aromatic rings. The number of cyclic esters (lactones) is 1. The monoisotopic (exact) mass is 513 g/mol. The van der Waals surface area contributed by atoms with E-state index in [9.17, 15) is 19.8 Å². The molecule has 2 N–H and O–H groups in total. The van der Waals surface area contributed by atoms with Crippen LogP contribution in [0.1, 0.15) is 78.8 Å². The van der Waals surface area contributed by atoms with Crippen LogP contribution in [0.3, 0.4) is 0 Å². The molecule has 0 aromatic carbocycles. The van der Waals surface area contributed by atoms with Gasteiger partial charge >= 0.3 is 5.97 Å². The van der Waals surface area contributed by atoms with E-state index in [0.717, 1.165) is 30.5 Å². The number of aliphatic hydroxyl groups excluding tert-OH is 2. The summed E-state index contributed by atoms with van der Waals surface area (Å²) in [6, 6.07) is 5.61. The fraction of sp³-hybridized carbons (Fsp3) is 0.633. The summed E-state index contributed by atoms with van der Waals surface area (Å²) in [5.41, 5.74) is 0.0147. The minimum absolute atomic E-state index is 0.0676. The van der Waals surface area contributed by atoms with Gasteiger partial charge in [-0.3, -0.25) is 14.6 Å². The number of Topliss-reactive ketones (excluding diaryl/α,β-unsaturated/α-hetero) is 1. The summed E-state index contributed by atoms with van der Waals surface area (Å²) in [5, 5.41) is 22.1. The second-order valence-corrected chi connectivity index (χ2v) is 11.6. The Kier molecular flexibility index (Phi) is 9.48. The van der Waals surface area contributed by atoms with Gasteiger partial charge in [-0.1, -0.05) is 39.3 Å². The van der Waals surface area contributed by atoms with E-state index in [1.54, 1.807) is 26.1 Å². The van der Waals surface area contributed by atoms with Crippen molar-refractivity contribution >= 4 is 17.8 Å². The predicted molar refractivity (Wildman–Crippen MR) is 142 cm³/mol. The van der Waals surface area contributed by atoms with Crippen molar-refractivity contribution in [3.63, 3.8) is 0 Å². The van der Waals surface area contributed by atoms with Gasteiger partial charge in [0.2, 0.25) is 0 Å². The standard InChI is InChI=1S/C30H43NO6/c1-7-11-22-27(34)19(2)12-10-14-30(6)25(37-30)17-23(20(3)16-21-13-8-9-15-31-21)36-26(33)18-24(32)29(4,5)28(22)35/h7-9,13,15-16,19,22-25,27,32,34H,1,10-12,14,17-18H2,2-6H3/b20-16+/t19-,22-,23+,24-,25?,27+,30?/m1/s1. The minimum atomic E-state index is -1.27. The summed E-state index contributed by atoms with van der Waals surface area (Å²) < 4.78 is 12.0. The number of hydrogen-bond donors (Lipinski definition) is 2. The molecule has 2 saturated heterocycles. The van der Waals surface area contributed by atoms with Gasteiger partial charge in [-0.25, -0.2) is 0 Å². The van der Waals surface area contributed by atoms with E-state index in [1.807, 2.05) is 38.1 Å². The number of esters is 1. The van der Waals surface area contributed by atoms with Crippen LogP contribution in [0.4, 0.5) is 0 Å². The zero-order chi connectivity index (χ0) is 27.4. The van der Waals surface area contributed by atoms with Crippen molar-refractivity contribution in [3.05, 3.63) is 48.3 Å². The molecular formula is C30H43NO6. The SMILES string of the molecule is C=CC[C@H]1C(=O)C(C)(C)[C@H](O)CC(=O)O[C@H](/C(C)=C/c2ccccn2)CC2OC2(C)CCC[C@@H](C)[C@@H]1O. The number of epoxide rings is 1. The van der Waals surface area contributed by atoms with Crippen molar-refractivity contribution in [2.24, 2.45) is 17.3 Å². The third-order valence-electron chi connectivity index (χ3n) is 8.22. The number of nitrogens with zero attached hydrogens (tertiary/aromatic N) is 1. The number of hydrogen-bond acceptors (Lipinski definition) is 7. The number of aromatic nitrogens is 1. The van der Waals surface area contributed by atoms with Gasteiger partial charge in [0, 0.05) is 18.5 Å². The lowest BCUT2D eigenvalue weighted by atomic mass is 9.71. The maximum Gasteiger partial charge on any atom is 0.309 e. The van der Waals surface area contributed by atoms with Crippen molar-refractivity contribution in [3.8, 4) is 0 Å². The fourth-order valence-electron chi connectivity index (χ4n) is 5.30. The van der Waals surface area contributed by atoms with Crippen LogP contribution < -0.4 is 0 Å². The third-order valence-corrected chi connectivity index (χ3v) is 8.22. The van der Waals surface area contributed by atoms with Crippen LogP contribution in [0.5, 0.6) is 0 Å². The zero-order valence-corrected chi connectivity index (χ0v) is 22.9. The largest absolute Gasteiger partial charge is 0.458 e. The Morgan fingerprint density at radius 1 is 1.24 bits per heavy atom. The lowest BCUT2D eigenvalue weighted by Crippen LogP contribution is -2.46. The number of allylic oxidation sites excluding steroid dienone is 1. The molecule has 0 radical (unpaired) electrons. The van der Waals surface area contributed by atoms with Crippen LogP contribution in [0.15, 0.2) is 42.6 Å². The van der Waals surface area contributed by atoms with Gasteiger partial charge in [0.1, 0.15) is 11.9 Å². The van der Waals surface area contributed by atoms with E-state index >= 15 is 0 Å². The van der Waals surface area contributed by atoms with Crippen LogP contribution in [-0.4, -0.2) is 57.0 Å². The Morgan fingerprint density at radius 3 is 2.62 bits per heavy atom. The first-order chi connectivity index (χ1) is 17.4. The minimum Gasteiger partial charge on any atom is -0.458 e. The van der Waals surface area contributed by atoms with Gasteiger partial charge in [-0.05, 0) is 62.8 Å². The van der Waals surface area contributed by atoms with Crippen LogP contribution in [0.2, 0.25) is 0 Å². The Morgan fingerprint density at radius 2 is 1.97 bits per heavy atom. The highest BCUT2D eigenvalue weighted by molar-refractivity contribution is 5.88. The summed E-state index contributed by atoms with van der Waals surface area (Å²) in [6.45, 7) is 12.9. The summed E-state index contributed by atoms with van der Waals surface area (Å²) in [5.74, 6) is -1.69. The molecule has 0 bridgehead atoms. The molecule has 2 fully saturated rings. The van der Waals surface area contributed by atoms with Crippen LogP contribution >= 0.6 is 0 Å². The molecule has 3 heterocycles. The average molecular weight is 514 g/mol. The van der Waals surface area contributed by atoms with E-state index in [-0.39, 0.29) is 29.8 Å². The average Bonchev–Trinajstić information content (AvgIpc) is 3.49. The van der Waals surface area contributed by atoms with E-state index in [4.69, 9.17) is 9.47 Å². The molecule has 7 atom stereocenters. The number of carbonyl (C=O) groups is 2. The van der Waals surface area contributed by atoms with E-state index < -0.39 is 35.6 Å². The lowest BCUT2D eigenvalue weighted by molar-refractivity contribution is -0.154. The molecule has 7 nitrogen and oxygen atoms in total. The van der Waals surface area contributed by atoms with Gasteiger partial charge in [0.05, 0.1) is 41.4 Å². The first-order valence-electron chi connectivity index (χ1n) is 13.4. The number of ether oxygens (including phenoxy) is 2. The molecule has 0 spiro atoms. The van der Waals surface area contributed by atoms with Gasteiger partial charge < -0.3 is 19.7 Å². The Bertz CT molecular complexity index is 989. The highest BCUT2D eigenvalue weighted by Crippen LogP contribution is 2.45. The van der Waals surface area contributed by atoms with Gasteiger partial charge in [-0.2, -0.15) is 0 Å². The normalized spacial score (nSPS) is 35.8. The van der Waals surface area contributed by atoms with E-state index in [0.29, 0.717) is 12.8 Å². The molecule has 1 aromatic heterocycles. The first-order valence-corrected chi connectivity index (χ1v) is 13.4. The van der Waals surface area contributed by atoms with Crippen LogP contribution in [0.25, 0.3) is 6.08 Å². The maximum absolute atomic E-state index is 13.6. The van der Waals surface area contributed by atoms with Gasteiger partial charge in [0.15, 0.2) is 0 Å². The topological polar surface area (TPSA) is 109 Å². The highest BCUT2D eigenvalue weighted by atomic mass is 16.6. The predicted octanol–water partition coefficient (Wildman–Crippen LogP) is 4.66. The molecule has 2 aliphatic heterocycles. The molecule has 3 rings (SSSR count). The second kappa shape index (κ2) is 12.0. The second-order valence-electron chi connectivity index (χ2n) is 11.6. The molecule has 0 saturated carbocycles. The van der Waals surface area contributed by atoms with E-state index in [2.05, 4.69) is 18.5 Å². The fourth-order valence-corrected chi connectivity index (χ4v) is 5.30. The molecule has 2 unspecified atom stereocenters. The molecule has 7 heteroatoms. The highest BCUT2D eigenvalue weighted by Gasteiger charge is 2.53. The Labute approximate surface area is 221 Å². The summed E-state index contributed by atoms with van der Waals surface area (Å²) >= 11 is 0.